The van der Waals surface area contributed by atoms with Crippen molar-refractivity contribution in [2.24, 2.45) is 0 Å². The first-order valence-corrected chi connectivity index (χ1v) is 4.44. The van der Waals surface area contributed by atoms with E-state index in [-0.39, 0.29) is 12.5 Å². The molecule has 0 amide bonds. The van der Waals surface area contributed by atoms with Gasteiger partial charge in [0.1, 0.15) is 5.75 Å². The Labute approximate surface area is 79.2 Å². The molecule has 0 spiro atoms. The van der Waals surface area contributed by atoms with Crippen molar-refractivity contribution >= 4 is 0 Å². The molecule has 0 saturated carbocycles. The smallest absolute Gasteiger partial charge is 0.122 e. The van der Waals surface area contributed by atoms with Gasteiger partial charge in [0.05, 0.1) is 7.11 Å². The first kappa shape index (κ1) is 10.1. The second-order valence-electron chi connectivity index (χ2n) is 3.31. The lowest BCUT2D eigenvalue weighted by atomic mass is 10.0. The summed E-state index contributed by atoms with van der Waals surface area (Å²) in [6, 6.07) is 6.02. The van der Waals surface area contributed by atoms with Crippen molar-refractivity contribution in [2.75, 3.05) is 13.7 Å². The summed E-state index contributed by atoms with van der Waals surface area (Å²) in [5.74, 6) is 1.06. The third-order valence-electron chi connectivity index (χ3n) is 2.28. The minimum Gasteiger partial charge on any atom is -0.496 e. The lowest BCUT2D eigenvalue weighted by molar-refractivity contribution is 0.273. The predicted molar refractivity (Wildman–Crippen MR) is 53.2 cm³/mol. The number of rotatable bonds is 3. The SMILES string of the molecule is COc1cc([C@H](C)CO)ccc1C. The maximum absolute atomic E-state index is 8.98. The summed E-state index contributed by atoms with van der Waals surface area (Å²) in [5.41, 5.74) is 2.24. The zero-order valence-electron chi connectivity index (χ0n) is 8.37. The normalized spacial score (nSPS) is 12.6. The topological polar surface area (TPSA) is 29.5 Å². The molecule has 2 heteroatoms. The molecule has 1 N–H and O–H groups in total. The van der Waals surface area contributed by atoms with E-state index in [1.165, 1.54) is 0 Å². The zero-order chi connectivity index (χ0) is 9.84. The average molecular weight is 180 g/mol. The van der Waals surface area contributed by atoms with E-state index in [1.54, 1.807) is 7.11 Å². The number of aliphatic hydroxyl groups is 1. The number of aryl methyl sites for hydroxylation is 1. The van der Waals surface area contributed by atoms with Crippen LogP contribution in [-0.4, -0.2) is 18.8 Å². The monoisotopic (exact) mass is 180 g/mol. The maximum Gasteiger partial charge on any atom is 0.122 e. The number of hydrogen-bond donors (Lipinski definition) is 1. The van der Waals surface area contributed by atoms with Crippen LogP contribution in [0.15, 0.2) is 18.2 Å². The molecule has 0 heterocycles. The fourth-order valence-corrected chi connectivity index (χ4v) is 1.25. The third kappa shape index (κ3) is 2.22. The third-order valence-corrected chi connectivity index (χ3v) is 2.28. The molecule has 1 atom stereocenters. The highest BCUT2D eigenvalue weighted by Gasteiger charge is 2.06. The average Bonchev–Trinajstić information content (AvgIpc) is 2.17. The maximum atomic E-state index is 8.98. The molecule has 0 aromatic heterocycles. The summed E-state index contributed by atoms with van der Waals surface area (Å²) in [6.07, 6.45) is 0. The Balaban J connectivity index is 2.99. The fourth-order valence-electron chi connectivity index (χ4n) is 1.25. The van der Waals surface area contributed by atoms with Gasteiger partial charge in [-0.1, -0.05) is 19.1 Å². The zero-order valence-corrected chi connectivity index (χ0v) is 8.37. The molecule has 1 aromatic rings. The number of methoxy groups -OCH3 is 1. The van der Waals surface area contributed by atoms with E-state index in [1.807, 2.05) is 32.0 Å². The van der Waals surface area contributed by atoms with Gasteiger partial charge in [-0.05, 0) is 24.1 Å². The van der Waals surface area contributed by atoms with Crippen LogP contribution < -0.4 is 4.74 Å². The quantitative estimate of drug-likeness (QED) is 0.771. The van der Waals surface area contributed by atoms with Crippen LogP contribution in [0, 0.1) is 6.92 Å². The van der Waals surface area contributed by atoms with Gasteiger partial charge in [-0.3, -0.25) is 0 Å². The first-order valence-electron chi connectivity index (χ1n) is 4.44. The highest BCUT2D eigenvalue weighted by molar-refractivity contribution is 5.37. The molecule has 0 aliphatic rings. The van der Waals surface area contributed by atoms with Crippen molar-refractivity contribution in [2.45, 2.75) is 19.8 Å². The standard InChI is InChI=1S/C11H16O2/c1-8-4-5-10(9(2)7-12)6-11(8)13-3/h4-6,9,12H,7H2,1-3H3/t9-/m1/s1. The summed E-state index contributed by atoms with van der Waals surface area (Å²) in [4.78, 5) is 0. The molecule has 0 aliphatic heterocycles. The Morgan fingerprint density at radius 1 is 1.46 bits per heavy atom. The number of benzene rings is 1. The van der Waals surface area contributed by atoms with Crippen LogP contribution in [0.3, 0.4) is 0 Å². The fraction of sp³-hybridized carbons (Fsp3) is 0.455. The van der Waals surface area contributed by atoms with Gasteiger partial charge in [-0.2, -0.15) is 0 Å². The van der Waals surface area contributed by atoms with Gasteiger partial charge >= 0.3 is 0 Å². The summed E-state index contributed by atoms with van der Waals surface area (Å²) < 4.78 is 5.20. The Hall–Kier alpha value is -1.02. The largest absolute Gasteiger partial charge is 0.496 e. The molecule has 1 aromatic carbocycles. The Morgan fingerprint density at radius 2 is 2.15 bits per heavy atom. The molecule has 0 unspecified atom stereocenters. The van der Waals surface area contributed by atoms with Crippen LogP contribution in [-0.2, 0) is 0 Å². The van der Waals surface area contributed by atoms with Crippen molar-refractivity contribution in [1.82, 2.24) is 0 Å². The van der Waals surface area contributed by atoms with Gasteiger partial charge in [-0.15, -0.1) is 0 Å². The Bertz CT molecular complexity index is 281. The van der Waals surface area contributed by atoms with E-state index in [2.05, 4.69) is 0 Å². The van der Waals surface area contributed by atoms with Crippen LogP contribution in [0.1, 0.15) is 24.0 Å². The molecule has 0 aliphatic carbocycles. The van der Waals surface area contributed by atoms with Gasteiger partial charge in [0.15, 0.2) is 0 Å². The Kier molecular flexibility index (Phi) is 3.32. The lowest BCUT2D eigenvalue weighted by Crippen LogP contribution is -1.99. The van der Waals surface area contributed by atoms with Crippen molar-refractivity contribution in [3.63, 3.8) is 0 Å². The molecular formula is C11H16O2. The summed E-state index contributed by atoms with van der Waals surface area (Å²) in [5, 5.41) is 8.98. The van der Waals surface area contributed by atoms with Gasteiger partial charge in [0.2, 0.25) is 0 Å². The minimum absolute atomic E-state index is 0.173. The van der Waals surface area contributed by atoms with Crippen LogP contribution >= 0.6 is 0 Å². The molecule has 72 valence electrons. The van der Waals surface area contributed by atoms with Crippen LogP contribution in [0.5, 0.6) is 5.75 Å². The van der Waals surface area contributed by atoms with Crippen molar-refractivity contribution in [3.8, 4) is 5.75 Å². The summed E-state index contributed by atoms with van der Waals surface area (Å²) >= 11 is 0. The predicted octanol–water partition coefficient (Wildman–Crippen LogP) is 2.10. The van der Waals surface area contributed by atoms with Crippen molar-refractivity contribution in [1.29, 1.82) is 0 Å². The van der Waals surface area contributed by atoms with Gasteiger partial charge in [-0.25, -0.2) is 0 Å². The molecule has 13 heavy (non-hydrogen) atoms. The minimum atomic E-state index is 0.173. The summed E-state index contributed by atoms with van der Waals surface area (Å²) in [7, 11) is 1.66. The number of ether oxygens (including phenoxy) is 1. The van der Waals surface area contributed by atoms with E-state index in [9.17, 15) is 0 Å². The van der Waals surface area contributed by atoms with Crippen LogP contribution in [0.25, 0.3) is 0 Å². The second-order valence-corrected chi connectivity index (χ2v) is 3.31. The number of aliphatic hydroxyl groups excluding tert-OH is 1. The Morgan fingerprint density at radius 3 is 2.69 bits per heavy atom. The first-order chi connectivity index (χ1) is 6.19. The molecule has 0 saturated heterocycles. The highest BCUT2D eigenvalue weighted by atomic mass is 16.5. The van der Waals surface area contributed by atoms with E-state index in [4.69, 9.17) is 9.84 Å². The molecule has 0 radical (unpaired) electrons. The molecular weight excluding hydrogens is 164 g/mol. The van der Waals surface area contributed by atoms with E-state index in [0.717, 1.165) is 16.9 Å². The summed E-state index contributed by atoms with van der Waals surface area (Å²) in [6.45, 7) is 4.17. The van der Waals surface area contributed by atoms with Crippen LogP contribution in [0.4, 0.5) is 0 Å². The molecule has 2 nitrogen and oxygen atoms in total. The lowest BCUT2D eigenvalue weighted by Gasteiger charge is -2.11. The van der Waals surface area contributed by atoms with E-state index < -0.39 is 0 Å². The van der Waals surface area contributed by atoms with E-state index >= 15 is 0 Å². The molecule has 0 bridgehead atoms. The van der Waals surface area contributed by atoms with Crippen molar-refractivity contribution < 1.29 is 9.84 Å². The van der Waals surface area contributed by atoms with Gasteiger partial charge in [0.25, 0.3) is 0 Å². The second kappa shape index (κ2) is 4.28. The highest BCUT2D eigenvalue weighted by Crippen LogP contribution is 2.23. The van der Waals surface area contributed by atoms with Gasteiger partial charge in [0, 0.05) is 12.5 Å². The van der Waals surface area contributed by atoms with E-state index in [0.29, 0.717) is 0 Å². The number of hydrogen-bond acceptors (Lipinski definition) is 2. The van der Waals surface area contributed by atoms with Crippen molar-refractivity contribution in [3.05, 3.63) is 29.3 Å². The molecule has 0 fully saturated rings. The molecule has 1 rings (SSSR count). The van der Waals surface area contributed by atoms with Gasteiger partial charge < -0.3 is 9.84 Å². The van der Waals surface area contributed by atoms with Crippen LogP contribution in [0.2, 0.25) is 0 Å².